The van der Waals surface area contributed by atoms with Gasteiger partial charge < -0.3 is 4.74 Å². The second-order valence-electron chi connectivity index (χ2n) is 4.93. The van der Waals surface area contributed by atoms with Gasteiger partial charge >= 0.3 is 0 Å². The van der Waals surface area contributed by atoms with Gasteiger partial charge in [0.15, 0.2) is 11.6 Å². The summed E-state index contributed by atoms with van der Waals surface area (Å²) < 4.78 is 18.6. The number of halogens is 1. The van der Waals surface area contributed by atoms with Crippen molar-refractivity contribution in [3.8, 4) is 5.75 Å². The predicted octanol–water partition coefficient (Wildman–Crippen LogP) is 3.60. The van der Waals surface area contributed by atoms with Crippen LogP contribution in [-0.2, 0) is 5.54 Å². The average Bonchev–Trinajstić information content (AvgIpc) is 2.84. The second kappa shape index (κ2) is 4.57. The molecule has 2 aliphatic rings. The number of ether oxygens (including phenoxy) is 1. The van der Waals surface area contributed by atoms with Gasteiger partial charge in [0, 0.05) is 5.75 Å². The first-order valence-corrected chi connectivity index (χ1v) is 7.30. The summed E-state index contributed by atoms with van der Waals surface area (Å²) in [5, 5.41) is 0. The quantitative estimate of drug-likeness (QED) is 0.814. The molecule has 0 N–H and O–H groups in total. The van der Waals surface area contributed by atoms with Crippen LogP contribution in [0.1, 0.15) is 24.8 Å². The van der Waals surface area contributed by atoms with Crippen molar-refractivity contribution in [3.63, 3.8) is 0 Å². The van der Waals surface area contributed by atoms with Gasteiger partial charge in [-0.15, -0.1) is 11.8 Å². The maximum Gasteiger partial charge on any atom is 0.165 e. The maximum absolute atomic E-state index is 13.5. The van der Waals surface area contributed by atoms with Gasteiger partial charge in [-0.25, -0.2) is 4.39 Å². The lowest BCUT2D eigenvalue weighted by molar-refractivity contribution is 0.349. The van der Waals surface area contributed by atoms with Gasteiger partial charge in [-0.1, -0.05) is 12.5 Å². The second-order valence-corrected chi connectivity index (χ2v) is 5.81. The number of nitrogens with zero attached hydrogens (tertiary/aromatic N) is 1. The van der Waals surface area contributed by atoms with Crippen molar-refractivity contribution in [2.24, 2.45) is 10.9 Å². The molecule has 0 amide bonds. The molecule has 0 radical (unpaired) electrons. The Morgan fingerprint density at radius 3 is 3.22 bits per heavy atom. The van der Waals surface area contributed by atoms with Gasteiger partial charge in [-0.2, -0.15) is 0 Å². The van der Waals surface area contributed by atoms with Crippen molar-refractivity contribution in [2.75, 3.05) is 12.9 Å². The molecule has 1 aromatic carbocycles. The smallest absolute Gasteiger partial charge is 0.165 e. The number of thioether (sulfide) groups is 1. The van der Waals surface area contributed by atoms with E-state index in [2.05, 4.69) is 0 Å². The zero-order valence-electron chi connectivity index (χ0n) is 10.4. The summed E-state index contributed by atoms with van der Waals surface area (Å²) in [6, 6.07) is 5.18. The van der Waals surface area contributed by atoms with Crippen molar-refractivity contribution < 1.29 is 9.13 Å². The normalized spacial score (nSPS) is 30.2. The summed E-state index contributed by atoms with van der Waals surface area (Å²) in [5.41, 5.74) is 2.92. The van der Waals surface area contributed by atoms with E-state index >= 15 is 0 Å². The molecule has 0 spiro atoms. The Morgan fingerprint density at radius 2 is 2.39 bits per heavy atom. The molecule has 2 nitrogen and oxygen atoms in total. The number of fused-ring (bicyclic) bond motifs is 1. The Kier molecular flexibility index (Phi) is 3.06. The van der Waals surface area contributed by atoms with Gasteiger partial charge in [-0.05, 0) is 36.5 Å². The molecule has 2 unspecified atom stereocenters. The van der Waals surface area contributed by atoms with Gasteiger partial charge in [-0.3, -0.25) is 4.99 Å². The molecular formula is C14H16FNOS. The number of hydrogen-bond donors (Lipinski definition) is 0. The molecule has 1 aromatic rings. The van der Waals surface area contributed by atoms with Crippen LogP contribution in [0, 0.1) is 11.7 Å². The van der Waals surface area contributed by atoms with Crippen molar-refractivity contribution in [1.82, 2.24) is 0 Å². The van der Waals surface area contributed by atoms with Crippen LogP contribution < -0.4 is 4.74 Å². The standard InChI is InChI=1S/C14H16FNOS/c1-17-13-7-10(4-5-12(13)15)14-6-2-3-11(14)8-18-9-16-14/h4-5,7,9,11H,2-3,6,8H2,1H3. The van der Waals surface area contributed by atoms with Gasteiger partial charge in [0.2, 0.25) is 0 Å². The molecule has 18 heavy (non-hydrogen) atoms. The van der Waals surface area contributed by atoms with E-state index < -0.39 is 0 Å². The van der Waals surface area contributed by atoms with Crippen LogP contribution in [0.15, 0.2) is 23.2 Å². The number of rotatable bonds is 2. The molecule has 96 valence electrons. The zero-order chi connectivity index (χ0) is 12.6. The summed E-state index contributed by atoms with van der Waals surface area (Å²) in [6.45, 7) is 0. The third-order valence-corrected chi connectivity index (χ3v) is 4.94. The summed E-state index contributed by atoms with van der Waals surface area (Å²) in [4.78, 5) is 4.76. The zero-order valence-corrected chi connectivity index (χ0v) is 11.2. The van der Waals surface area contributed by atoms with Crippen molar-refractivity contribution in [3.05, 3.63) is 29.6 Å². The highest BCUT2D eigenvalue weighted by atomic mass is 32.2. The van der Waals surface area contributed by atoms with Crippen molar-refractivity contribution >= 4 is 17.3 Å². The molecule has 1 saturated carbocycles. The Morgan fingerprint density at radius 1 is 1.50 bits per heavy atom. The first-order valence-electron chi connectivity index (χ1n) is 6.25. The van der Waals surface area contributed by atoms with Crippen molar-refractivity contribution in [1.29, 1.82) is 0 Å². The van der Waals surface area contributed by atoms with Crippen LogP contribution in [0.2, 0.25) is 0 Å². The molecule has 0 aromatic heterocycles. The lowest BCUT2D eigenvalue weighted by Crippen LogP contribution is -2.32. The fourth-order valence-electron chi connectivity index (χ4n) is 3.13. The predicted molar refractivity (Wildman–Crippen MR) is 72.9 cm³/mol. The van der Waals surface area contributed by atoms with Crippen LogP contribution >= 0.6 is 11.8 Å². The van der Waals surface area contributed by atoms with Gasteiger partial charge in [0.25, 0.3) is 0 Å². The maximum atomic E-state index is 13.5. The molecule has 1 fully saturated rings. The summed E-state index contributed by atoms with van der Waals surface area (Å²) in [5.74, 6) is 1.70. The molecule has 0 bridgehead atoms. The lowest BCUT2D eigenvalue weighted by atomic mass is 9.81. The monoisotopic (exact) mass is 265 g/mol. The van der Waals surface area contributed by atoms with Gasteiger partial charge in [0.1, 0.15) is 0 Å². The minimum absolute atomic E-state index is 0.133. The van der Waals surface area contributed by atoms with Gasteiger partial charge in [0.05, 0.1) is 18.2 Å². The van der Waals surface area contributed by atoms with Crippen molar-refractivity contribution in [2.45, 2.75) is 24.8 Å². The Bertz CT molecular complexity index is 491. The lowest BCUT2D eigenvalue weighted by Gasteiger charge is -2.34. The van der Waals surface area contributed by atoms with Crippen LogP contribution in [-0.4, -0.2) is 18.4 Å². The van der Waals surface area contributed by atoms with E-state index in [1.807, 2.05) is 17.7 Å². The molecule has 4 heteroatoms. The fourth-order valence-corrected chi connectivity index (χ4v) is 4.15. The van der Waals surface area contributed by atoms with E-state index in [1.54, 1.807) is 11.8 Å². The minimum Gasteiger partial charge on any atom is -0.494 e. The van der Waals surface area contributed by atoms with E-state index in [4.69, 9.17) is 9.73 Å². The van der Waals surface area contributed by atoms with E-state index in [-0.39, 0.29) is 11.4 Å². The molecule has 1 aliphatic heterocycles. The topological polar surface area (TPSA) is 21.6 Å². The Hall–Kier alpha value is -1.03. The van der Waals surface area contributed by atoms with E-state index in [1.165, 1.54) is 26.0 Å². The minimum atomic E-state index is -0.304. The SMILES string of the molecule is COc1cc(C23CCCC2CSC=N3)ccc1F. The number of methoxy groups -OCH3 is 1. The summed E-state index contributed by atoms with van der Waals surface area (Å²) >= 11 is 1.78. The fraction of sp³-hybridized carbons (Fsp3) is 0.500. The molecule has 3 rings (SSSR count). The van der Waals surface area contributed by atoms with Crippen LogP contribution in [0.3, 0.4) is 0 Å². The molecular weight excluding hydrogens is 249 g/mol. The third-order valence-electron chi connectivity index (χ3n) is 4.09. The largest absolute Gasteiger partial charge is 0.494 e. The molecule has 1 heterocycles. The Labute approximate surface area is 111 Å². The third kappa shape index (κ3) is 1.74. The first-order chi connectivity index (χ1) is 8.76. The highest BCUT2D eigenvalue weighted by Gasteiger charge is 2.45. The van der Waals surface area contributed by atoms with Crippen LogP contribution in [0.4, 0.5) is 4.39 Å². The highest BCUT2D eigenvalue weighted by Crippen LogP contribution is 2.50. The molecule has 2 atom stereocenters. The Balaban J connectivity index is 2.07. The molecule has 0 saturated heterocycles. The van der Waals surface area contributed by atoms with E-state index in [9.17, 15) is 4.39 Å². The summed E-state index contributed by atoms with van der Waals surface area (Å²) in [7, 11) is 1.51. The number of benzene rings is 1. The van der Waals surface area contributed by atoms with Crippen LogP contribution in [0.25, 0.3) is 0 Å². The number of hydrogen-bond acceptors (Lipinski definition) is 3. The van der Waals surface area contributed by atoms with E-state index in [0.717, 1.165) is 17.7 Å². The summed E-state index contributed by atoms with van der Waals surface area (Å²) in [6.07, 6.45) is 3.47. The molecule has 1 aliphatic carbocycles. The highest BCUT2D eigenvalue weighted by molar-refractivity contribution is 8.12. The van der Waals surface area contributed by atoms with E-state index in [0.29, 0.717) is 11.7 Å². The first kappa shape index (κ1) is 12.0. The van der Waals surface area contributed by atoms with Crippen LogP contribution in [0.5, 0.6) is 5.75 Å². The number of aliphatic imine (C=N–C) groups is 1. The average molecular weight is 265 g/mol.